The highest BCUT2D eigenvalue weighted by molar-refractivity contribution is 5.97. The van der Waals surface area contributed by atoms with Gasteiger partial charge in [0.05, 0.1) is 5.69 Å². The van der Waals surface area contributed by atoms with Crippen molar-refractivity contribution in [2.24, 2.45) is 0 Å². The van der Waals surface area contributed by atoms with Gasteiger partial charge in [-0.1, -0.05) is 26.7 Å². The Bertz CT molecular complexity index is 854. The van der Waals surface area contributed by atoms with Gasteiger partial charge in [-0.15, -0.1) is 0 Å². The van der Waals surface area contributed by atoms with Crippen molar-refractivity contribution in [2.45, 2.75) is 39.5 Å². The lowest BCUT2D eigenvalue weighted by atomic mass is 9.94. The normalized spacial score (nSPS) is 11.2. The Kier molecular flexibility index (Phi) is 4.89. The molecule has 1 nitrogen and oxygen atoms in total. The number of hydrogen-bond donors (Lipinski definition) is 0. The minimum Gasteiger partial charge on any atom is -0.252 e. The van der Waals surface area contributed by atoms with Gasteiger partial charge in [0.1, 0.15) is 11.6 Å². The topological polar surface area (TPSA) is 12.9 Å². The zero-order chi connectivity index (χ0) is 17.1. The van der Waals surface area contributed by atoms with Crippen molar-refractivity contribution in [1.29, 1.82) is 0 Å². The fourth-order valence-electron chi connectivity index (χ4n) is 3.19. The predicted octanol–water partition coefficient (Wildman–Crippen LogP) is 6.09. The summed E-state index contributed by atoms with van der Waals surface area (Å²) in [5.74, 6) is -0.510. The molecule has 124 valence electrons. The number of halogens is 2. The van der Waals surface area contributed by atoms with Crippen molar-refractivity contribution >= 4 is 10.8 Å². The molecule has 2 aromatic carbocycles. The van der Waals surface area contributed by atoms with Crippen LogP contribution in [0, 0.1) is 11.6 Å². The summed E-state index contributed by atoms with van der Waals surface area (Å²) in [6.07, 6.45) is 3.70. The maximum Gasteiger partial charge on any atom is 0.123 e. The van der Waals surface area contributed by atoms with E-state index in [1.54, 1.807) is 24.3 Å². The molecule has 0 spiro atoms. The van der Waals surface area contributed by atoms with Gasteiger partial charge in [0, 0.05) is 16.6 Å². The molecule has 0 atom stereocenters. The smallest absolute Gasteiger partial charge is 0.123 e. The van der Waals surface area contributed by atoms with Crippen LogP contribution in [0.1, 0.15) is 37.9 Å². The largest absolute Gasteiger partial charge is 0.252 e. The van der Waals surface area contributed by atoms with Crippen LogP contribution in [0.3, 0.4) is 0 Å². The van der Waals surface area contributed by atoms with Gasteiger partial charge in [0.25, 0.3) is 0 Å². The van der Waals surface area contributed by atoms with E-state index in [0.29, 0.717) is 0 Å². The summed E-state index contributed by atoms with van der Waals surface area (Å²) in [6.45, 7) is 4.24. The highest BCUT2D eigenvalue weighted by Gasteiger charge is 2.15. The summed E-state index contributed by atoms with van der Waals surface area (Å²) >= 11 is 0. The molecular formula is C21H21F2N. The number of aryl methyl sites for hydroxylation is 2. The number of rotatable bonds is 5. The lowest BCUT2D eigenvalue weighted by molar-refractivity contribution is 0.628. The van der Waals surface area contributed by atoms with E-state index >= 15 is 0 Å². The van der Waals surface area contributed by atoms with Crippen molar-refractivity contribution < 1.29 is 8.78 Å². The molecule has 24 heavy (non-hydrogen) atoms. The average Bonchev–Trinajstić information content (AvgIpc) is 2.58. The van der Waals surface area contributed by atoms with Gasteiger partial charge in [-0.3, -0.25) is 4.98 Å². The molecule has 0 N–H and O–H groups in total. The second-order valence-electron chi connectivity index (χ2n) is 6.08. The Balaban J connectivity index is 2.32. The molecule has 0 bridgehead atoms. The SMILES string of the molecule is CCCc1nc(-c2ccc(F)cc2)c2ccc(F)cc2c1CCC. The molecule has 0 amide bonds. The third-order valence-corrected chi connectivity index (χ3v) is 4.26. The number of hydrogen-bond acceptors (Lipinski definition) is 1. The molecule has 0 aliphatic carbocycles. The van der Waals surface area contributed by atoms with Crippen molar-refractivity contribution in [2.75, 3.05) is 0 Å². The van der Waals surface area contributed by atoms with Gasteiger partial charge >= 0.3 is 0 Å². The summed E-state index contributed by atoms with van der Waals surface area (Å²) in [5, 5.41) is 1.85. The summed E-state index contributed by atoms with van der Waals surface area (Å²) in [5.41, 5.74) is 3.82. The Morgan fingerprint density at radius 3 is 2.12 bits per heavy atom. The van der Waals surface area contributed by atoms with Crippen LogP contribution in [0.2, 0.25) is 0 Å². The van der Waals surface area contributed by atoms with E-state index in [9.17, 15) is 8.78 Å². The van der Waals surface area contributed by atoms with Crippen molar-refractivity contribution in [3.05, 3.63) is 65.4 Å². The fourth-order valence-corrected chi connectivity index (χ4v) is 3.19. The van der Waals surface area contributed by atoms with E-state index in [2.05, 4.69) is 13.8 Å². The minimum absolute atomic E-state index is 0.237. The van der Waals surface area contributed by atoms with Gasteiger partial charge in [0.2, 0.25) is 0 Å². The molecule has 0 saturated heterocycles. The Morgan fingerprint density at radius 2 is 1.46 bits per heavy atom. The van der Waals surface area contributed by atoms with Gasteiger partial charge in [0.15, 0.2) is 0 Å². The number of aromatic nitrogens is 1. The van der Waals surface area contributed by atoms with E-state index in [4.69, 9.17) is 4.98 Å². The predicted molar refractivity (Wildman–Crippen MR) is 95.1 cm³/mol. The van der Waals surface area contributed by atoms with Crippen LogP contribution in [0.4, 0.5) is 8.78 Å². The standard InChI is InChI=1S/C21H21F2N/c1-3-5-17-19-13-16(23)11-12-18(19)21(24-20(17)6-4-2)14-7-9-15(22)10-8-14/h7-13H,3-6H2,1-2H3. The zero-order valence-electron chi connectivity index (χ0n) is 14.1. The van der Waals surface area contributed by atoms with E-state index in [-0.39, 0.29) is 11.6 Å². The first-order chi connectivity index (χ1) is 11.6. The van der Waals surface area contributed by atoms with Gasteiger partial charge in [-0.2, -0.15) is 0 Å². The first-order valence-electron chi connectivity index (χ1n) is 8.51. The second kappa shape index (κ2) is 7.08. The van der Waals surface area contributed by atoms with Gasteiger partial charge < -0.3 is 0 Å². The number of fused-ring (bicyclic) bond motifs is 1. The lowest BCUT2D eigenvalue weighted by Gasteiger charge is -2.16. The molecule has 1 aromatic heterocycles. The van der Waals surface area contributed by atoms with Crippen LogP contribution in [-0.4, -0.2) is 4.98 Å². The third kappa shape index (κ3) is 3.16. The van der Waals surface area contributed by atoms with Gasteiger partial charge in [-0.05, 0) is 66.3 Å². The van der Waals surface area contributed by atoms with E-state index < -0.39 is 0 Å². The molecular weight excluding hydrogens is 304 g/mol. The highest BCUT2D eigenvalue weighted by Crippen LogP contribution is 2.32. The summed E-state index contributed by atoms with van der Waals surface area (Å²) < 4.78 is 27.2. The molecule has 1 heterocycles. The third-order valence-electron chi connectivity index (χ3n) is 4.26. The van der Waals surface area contributed by atoms with Crippen LogP contribution in [0.25, 0.3) is 22.0 Å². The first-order valence-corrected chi connectivity index (χ1v) is 8.51. The van der Waals surface area contributed by atoms with Crippen molar-refractivity contribution in [1.82, 2.24) is 4.98 Å². The summed E-state index contributed by atoms with van der Waals surface area (Å²) in [7, 11) is 0. The molecule has 0 radical (unpaired) electrons. The molecule has 3 aromatic rings. The lowest BCUT2D eigenvalue weighted by Crippen LogP contribution is -2.02. The minimum atomic E-state index is -0.273. The van der Waals surface area contributed by atoms with E-state index in [1.165, 1.54) is 18.2 Å². The number of benzene rings is 2. The monoisotopic (exact) mass is 325 g/mol. The molecule has 0 aliphatic rings. The number of pyridine rings is 1. The maximum absolute atomic E-state index is 13.9. The highest BCUT2D eigenvalue weighted by atomic mass is 19.1. The quantitative estimate of drug-likeness (QED) is 0.553. The van der Waals surface area contributed by atoms with Crippen LogP contribution >= 0.6 is 0 Å². The first kappa shape index (κ1) is 16.6. The van der Waals surface area contributed by atoms with E-state index in [0.717, 1.165) is 59.0 Å². The van der Waals surface area contributed by atoms with Gasteiger partial charge in [-0.25, -0.2) is 8.78 Å². The van der Waals surface area contributed by atoms with Crippen LogP contribution < -0.4 is 0 Å². The Morgan fingerprint density at radius 1 is 0.792 bits per heavy atom. The molecule has 0 aliphatic heterocycles. The maximum atomic E-state index is 13.9. The van der Waals surface area contributed by atoms with Crippen molar-refractivity contribution in [3.8, 4) is 11.3 Å². The summed E-state index contributed by atoms with van der Waals surface area (Å²) in [6, 6.07) is 11.2. The molecule has 3 heteroatoms. The molecule has 3 rings (SSSR count). The molecule has 0 fully saturated rings. The van der Waals surface area contributed by atoms with E-state index in [1.807, 2.05) is 0 Å². The van der Waals surface area contributed by atoms with Crippen LogP contribution in [0.5, 0.6) is 0 Å². The zero-order valence-corrected chi connectivity index (χ0v) is 14.1. The summed E-state index contributed by atoms with van der Waals surface area (Å²) in [4.78, 5) is 4.89. The van der Waals surface area contributed by atoms with Crippen LogP contribution in [0.15, 0.2) is 42.5 Å². The Hall–Kier alpha value is -2.29. The Labute approximate surface area is 141 Å². The van der Waals surface area contributed by atoms with Crippen molar-refractivity contribution in [3.63, 3.8) is 0 Å². The number of nitrogens with zero attached hydrogens (tertiary/aromatic N) is 1. The average molecular weight is 325 g/mol. The second-order valence-corrected chi connectivity index (χ2v) is 6.08. The molecule has 0 saturated carbocycles. The fraction of sp³-hybridized carbons (Fsp3) is 0.286. The molecule has 0 unspecified atom stereocenters. The van der Waals surface area contributed by atoms with Crippen LogP contribution in [-0.2, 0) is 12.8 Å².